The van der Waals surface area contributed by atoms with Crippen LogP contribution in [0.3, 0.4) is 0 Å². The number of rotatable bonds is 7. The molecular formula is C17H23N5O2S2. The quantitative estimate of drug-likeness (QED) is 0.494. The SMILES string of the molecule is CC(C)CCC(=O)N(CCc1ccccc1)NC(=O)Nc1n[nH]c(=S)s1. The fourth-order valence-corrected chi connectivity index (χ4v) is 2.99. The van der Waals surface area contributed by atoms with E-state index in [1.165, 1.54) is 5.01 Å². The lowest BCUT2D eigenvalue weighted by Gasteiger charge is -2.23. The Balaban J connectivity index is 1.97. The summed E-state index contributed by atoms with van der Waals surface area (Å²) < 4.78 is 0.467. The molecule has 0 saturated carbocycles. The van der Waals surface area contributed by atoms with Crippen molar-refractivity contribution < 1.29 is 9.59 Å². The number of nitrogens with zero attached hydrogens (tertiary/aromatic N) is 2. The summed E-state index contributed by atoms with van der Waals surface area (Å²) in [6.45, 7) is 4.52. The molecule has 0 aliphatic heterocycles. The molecule has 9 heteroatoms. The molecule has 0 unspecified atom stereocenters. The van der Waals surface area contributed by atoms with Crippen LogP contribution in [0.4, 0.5) is 9.93 Å². The van der Waals surface area contributed by atoms with Crippen LogP contribution in [0.2, 0.25) is 0 Å². The Bertz CT molecular complexity index is 773. The van der Waals surface area contributed by atoms with Gasteiger partial charge in [0.05, 0.1) is 0 Å². The van der Waals surface area contributed by atoms with Crippen molar-refractivity contribution in [1.82, 2.24) is 20.6 Å². The van der Waals surface area contributed by atoms with E-state index in [-0.39, 0.29) is 5.91 Å². The van der Waals surface area contributed by atoms with Crippen molar-refractivity contribution in [2.24, 2.45) is 5.92 Å². The van der Waals surface area contributed by atoms with E-state index < -0.39 is 6.03 Å². The molecule has 0 aliphatic carbocycles. The third kappa shape index (κ3) is 6.93. The first-order valence-corrected chi connectivity index (χ1v) is 9.64. The molecule has 0 aliphatic rings. The molecule has 0 radical (unpaired) electrons. The molecule has 0 atom stereocenters. The highest BCUT2D eigenvalue weighted by Crippen LogP contribution is 2.11. The first-order chi connectivity index (χ1) is 12.4. The van der Waals surface area contributed by atoms with Gasteiger partial charge in [0.2, 0.25) is 11.0 Å². The van der Waals surface area contributed by atoms with E-state index >= 15 is 0 Å². The first kappa shape index (κ1) is 20.1. The van der Waals surface area contributed by atoms with Gasteiger partial charge in [0.25, 0.3) is 0 Å². The predicted molar refractivity (Wildman–Crippen MR) is 105 cm³/mol. The molecule has 0 bridgehead atoms. The molecule has 2 rings (SSSR count). The Morgan fingerprint density at radius 1 is 1.31 bits per heavy atom. The van der Waals surface area contributed by atoms with Crippen molar-refractivity contribution in [1.29, 1.82) is 0 Å². The highest BCUT2D eigenvalue weighted by molar-refractivity contribution is 7.73. The highest BCUT2D eigenvalue weighted by atomic mass is 32.1. The maximum Gasteiger partial charge on any atom is 0.339 e. The molecule has 0 saturated heterocycles. The molecule has 26 heavy (non-hydrogen) atoms. The van der Waals surface area contributed by atoms with Crippen LogP contribution in [0, 0.1) is 9.87 Å². The number of aromatic amines is 1. The highest BCUT2D eigenvalue weighted by Gasteiger charge is 2.17. The van der Waals surface area contributed by atoms with Crippen LogP contribution >= 0.6 is 23.6 Å². The number of hydrazine groups is 1. The first-order valence-electron chi connectivity index (χ1n) is 8.41. The standard InChI is InChI=1S/C17H23N5O2S2/c1-12(2)8-9-14(23)22(11-10-13-6-4-3-5-7-13)21-15(24)18-16-19-20-17(25)26-16/h3-7,12H,8-11H2,1-2H3,(H,20,25)(H2,18,19,21,24). The summed E-state index contributed by atoms with van der Waals surface area (Å²) >= 11 is 6.08. The van der Waals surface area contributed by atoms with Gasteiger partial charge in [0.15, 0.2) is 3.95 Å². The van der Waals surface area contributed by atoms with Crippen LogP contribution < -0.4 is 10.7 Å². The van der Waals surface area contributed by atoms with Gasteiger partial charge in [-0.05, 0) is 36.5 Å². The lowest BCUT2D eigenvalue weighted by Crippen LogP contribution is -2.48. The molecule has 1 heterocycles. The number of carbonyl (C=O) groups is 2. The lowest BCUT2D eigenvalue weighted by atomic mass is 10.1. The van der Waals surface area contributed by atoms with Gasteiger partial charge in [-0.25, -0.2) is 10.2 Å². The van der Waals surface area contributed by atoms with Gasteiger partial charge in [0, 0.05) is 13.0 Å². The molecule has 2 aromatic rings. The van der Waals surface area contributed by atoms with Crippen molar-refractivity contribution in [2.45, 2.75) is 33.1 Å². The zero-order valence-electron chi connectivity index (χ0n) is 14.8. The van der Waals surface area contributed by atoms with E-state index in [1.807, 2.05) is 30.3 Å². The number of amides is 3. The Kier molecular flexibility index (Phi) is 7.73. The fourth-order valence-electron chi connectivity index (χ4n) is 2.21. The molecule has 3 amide bonds. The van der Waals surface area contributed by atoms with Gasteiger partial charge in [-0.2, -0.15) is 0 Å². The largest absolute Gasteiger partial charge is 0.339 e. The topological polar surface area (TPSA) is 90.1 Å². The van der Waals surface area contributed by atoms with E-state index in [9.17, 15) is 9.59 Å². The Morgan fingerprint density at radius 3 is 2.65 bits per heavy atom. The normalized spacial score (nSPS) is 10.6. The molecule has 3 N–H and O–H groups in total. The summed E-state index contributed by atoms with van der Waals surface area (Å²) in [5, 5.41) is 10.8. The Labute approximate surface area is 161 Å². The fraction of sp³-hybridized carbons (Fsp3) is 0.412. The van der Waals surface area contributed by atoms with Gasteiger partial charge in [0.1, 0.15) is 0 Å². The number of aromatic nitrogens is 2. The maximum absolute atomic E-state index is 12.5. The van der Waals surface area contributed by atoms with E-state index in [1.54, 1.807) is 0 Å². The molecule has 7 nitrogen and oxygen atoms in total. The van der Waals surface area contributed by atoms with E-state index in [4.69, 9.17) is 12.2 Å². The second kappa shape index (κ2) is 10.0. The summed E-state index contributed by atoms with van der Waals surface area (Å²) in [6.07, 6.45) is 1.80. The Hall–Kier alpha value is -2.26. The second-order valence-electron chi connectivity index (χ2n) is 6.20. The minimum absolute atomic E-state index is 0.112. The van der Waals surface area contributed by atoms with E-state index in [2.05, 4.69) is 34.8 Å². The third-order valence-corrected chi connectivity index (χ3v) is 4.60. The van der Waals surface area contributed by atoms with Crippen LogP contribution in [0.5, 0.6) is 0 Å². The van der Waals surface area contributed by atoms with Crippen molar-refractivity contribution in [3.63, 3.8) is 0 Å². The molecule has 0 fully saturated rings. The third-order valence-electron chi connectivity index (χ3n) is 3.60. The van der Waals surface area contributed by atoms with Gasteiger partial charge in [-0.1, -0.05) is 55.5 Å². The van der Waals surface area contributed by atoms with Crippen LogP contribution in [-0.4, -0.2) is 33.7 Å². The lowest BCUT2D eigenvalue weighted by molar-refractivity contribution is -0.133. The summed E-state index contributed by atoms with van der Waals surface area (Å²) in [6, 6.07) is 9.31. The van der Waals surface area contributed by atoms with Crippen molar-refractivity contribution in [3.8, 4) is 0 Å². The van der Waals surface area contributed by atoms with Gasteiger partial charge in [-0.3, -0.25) is 20.2 Å². The molecule has 140 valence electrons. The monoisotopic (exact) mass is 393 g/mol. The summed E-state index contributed by atoms with van der Waals surface area (Å²) in [5.74, 6) is 0.305. The number of H-pyrrole nitrogens is 1. The van der Waals surface area contributed by atoms with Crippen LogP contribution in [0.25, 0.3) is 0 Å². The maximum atomic E-state index is 12.5. The Morgan fingerprint density at radius 2 is 2.04 bits per heavy atom. The van der Waals surface area contributed by atoms with Crippen molar-refractivity contribution in [3.05, 3.63) is 39.8 Å². The number of carbonyl (C=O) groups excluding carboxylic acids is 2. The summed E-state index contributed by atoms with van der Waals surface area (Å²) in [7, 11) is 0. The number of hydrogen-bond donors (Lipinski definition) is 3. The number of anilines is 1. The van der Waals surface area contributed by atoms with Crippen LogP contribution in [-0.2, 0) is 11.2 Å². The van der Waals surface area contributed by atoms with Gasteiger partial charge < -0.3 is 0 Å². The number of urea groups is 1. The average molecular weight is 394 g/mol. The zero-order chi connectivity index (χ0) is 18.9. The molecule has 1 aromatic carbocycles. The van der Waals surface area contributed by atoms with Crippen LogP contribution in [0.1, 0.15) is 32.3 Å². The number of hydrogen-bond acceptors (Lipinski definition) is 5. The predicted octanol–water partition coefficient (Wildman–Crippen LogP) is 3.74. The minimum Gasteiger partial charge on any atom is -0.281 e. The molecule has 0 spiro atoms. The summed E-state index contributed by atoms with van der Waals surface area (Å²) in [4.78, 5) is 24.7. The minimum atomic E-state index is -0.520. The summed E-state index contributed by atoms with van der Waals surface area (Å²) in [5.41, 5.74) is 3.72. The van der Waals surface area contributed by atoms with Crippen molar-refractivity contribution in [2.75, 3.05) is 11.9 Å². The molecular weight excluding hydrogens is 370 g/mol. The van der Waals surface area contributed by atoms with Gasteiger partial charge >= 0.3 is 6.03 Å². The van der Waals surface area contributed by atoms with E-state index in [0.717, 1.165) is 23.3 Å². The molecule has 1 aromatic heterocycles. The van der Waals surface area contributed by atoms with E-state index in [0.29, 0.717) is 34.4 Å². The average Bonchev–Trinajstić information content (AvgIpc) is 3.02. The number of nitrogens with one attached hydrogen (secondary N) is 3. The zero-order valence-corrected chi connectivity index (χ0v) is 16.5. The van der Waals surface area contributed by atoms with Crippen LogP contribution in [0.15, 0.2) is 30.3 Å². The second-order valence-corrected chi connectivity index (χ2v) is 7.86. The van der Waals surface area contributed by atoms with Gasteiger partial charge in [-0.15, -0.1) is 5.10 Å². The smallest absolute Gasteiger partial charge is 0.281 e. The van der Waals surface area contributed by atoms with Crippen molar-refractivity contribution >= 4 is 40.6 Å². The number of benzene rings is 1.